The van der Waals surface area contributed by atoms with Crippen molar-refractivity contribution in [1.82, 2.24) is 29.7 Å². The van der Waals surface area contributed by atoms with E-state index in [0.717, 1.165) is 63.5 Å². The minimum absolute atomic E-state index is 0.374. The number of likely N-dealkylation sites (N-methyl/N-ethyl adjacent to an activating group) is 1. The summed E-state index contributed by atoms with van der Waals surface area (Å²) in [6.45, 7) is 6.61. The van der Waals surface area contributed by atoms with Crippen LogP contribution in [-0.2, 0) is 6.54 Å². The summed E-state index contributed by atoms with van der Waals surface area (Å²) < 4.78 is 20.5. The lowest BCUT2D eigenvalue weighted by Gasteiger charge is -2.12. The summed E-state index contributed by atoms with van der Waals surface area (Å²) in [5, 5.41) is 0.862. The van der Waals surface area contributed by atoms with Gasteiger partial charge < -0.3 is 19.5 Å². The summed E-state index contributed by atoms with van der Waals surface area (Å²) >= 11 is 0. The molecule has 8 nitrogen and oxygen atoms in total. The fourth-order valence-electron chi connectivity index (χ4n) is 4.99. The maximum absolute atomic E-state index is 14.7. The Labute approximate surface area is 252 Å². The Balaban J connectivity index is 1.54. The van der Waals surface area contributed by atoms with Crippen molar-refractivity contribution in [3.8, 4) is 28.3 Å². The second-order valence-corrected chi connectivity index (χ2v) is 11.1. The maximum atomic E-state index is 14.7. The number of hydrogen-bond donors (Lipinski definition) is 1. The molecule has 1 N–H and O–H groups in total. The van der Waals surface area contributed by atoms with Gasteiger partial charge in [-0.2, -0.15) is 0 Å². The zero-order valence-corrected chi connectivity index (χ0v) is 25.6. The number of benzene rings is 1. The number of H-pyrrole nitrogens is 1. The van der Waals surface area contributed by atoms with Crippen molar-refractivity contribution in [2.75, 3.05) is 47.9 Å². The van der Waals surface area contributed by atoms with Crippen LogP contribution in [0.3, 0.4) is 0 Å². The molecule has 1 aromatic carbocycles. The highest BCUT2D eigenvalue weighted by atomic mass is 19.1. The van der Waals surface area contributed by atoms with Crippen LogP contribution in [0.2, 0.25) is 0 Å². The Bertz CT molecular complexity index is 1760. The van der Waals surface area contributed by atoms with Crippen molar-refractivity contribution in [3.05, 3.63) is 95.5 Å². The fourth-order valence-corrected chi connectivity index (χ4v) is 4.99. The molecular weight excluding hydrogens is 541 g/mol. The topological polar surface area (TPSA) is 82.5 Å². The highest BCUT2D eigenvalue weighted by Gasteiger charge is 2.18. The SMILES string of the molecule is CCN=C(c1cc2c(-c3cc(F)cc(OCCN(C)C)c3)nccc2[nH]1)c1nc(-c2cncc(CN(C)C)c2)ccc1C. The molecule has 0 saturated carbocycles. The lowest BCUT2D eigenvalue weighted by atomic mass is 10.0. The van der Waals surface area contributed by atoms with Gasteiger partial charge in [0.15, 0.2) is 0 Å². The molecule has 222 valence electrons. The van der Waals surface area contributed by atoms with Crippen LogP contribution in [0.5, 0.6) is 5.75 Å². The summed E-state index contributed by atoms with van der Waals surface area (Å²) in [5.41, 5.74) is 8.46. The van der Waals surface area contributed by atoms with Gasteiger partial charge in [0.2, 0.25) is 0 Å². The number of nitrogens with zero attached hydrogens (tertiary/aromatic N) is 6. The smallest absolute Gasteiger partial charge is 0.127 e. The summed E-state index contributed by atoms with van der Waals surface area (Å²) in [5.74, 6) is 0.0985. The number of hydrogen-bond acceptors (Lipinski definition) is 7. The number of fused-ring (bicyclic) bond motifs is 1. The lowest BCUT2D eigenvalue weighted by Crippen LogP contribution is -2.19. The second-order valence-electron chi connectivity index (χ2n) is 11.1. The van der Waals surface area contributed by atoms with Crippen LogP contribution in [-0.4, -0.2) is 83.3 Å². The molecular formula is C34H38FN7O. The number of halogens is 1. The quantitative estimate of drug-likeness (QED) is 0.194. The largest absolute Gasteiger partial charge is 0.492 e. The third-order valence-electron chi connectivity index (χ3n) is 6.98. The van der Waals surface area contributed by atoms with Gasteiger partial charge in [-0.1, -0.05) is 6.07 Å². The first kappa shape index (κ1) is 30.0. The number of aromatic amines is 1. The Morgan fingerprint density at radius 1 is 0.977 bits per heavy atom. The monoisotopic (exact) mass is 579 g/mol. The maximum Gasteiger partial charge on any atom is 0.127 e. The third-order valence-corrected chi connectivity index (χ3v) is 6.98. The summed E-state index contributed by atoms with van der Waals surface area (Å²) in [6, 6.07) is 14.9. The first-order valence-electron chi connectivity index (χ1n) is 14.4. The summed E-state index contributed by atoms with van der Waals surface area (Å²) in [7, 11) is 8.02. The Kier molecular flexibility index (Phi) is 9.23. The molecule has 5 aromatic rings. The Morgan fingerprint density at radius 3 is 2.58 bits per heavy atom. The molecule has 43 heavy (non-hydrogen) atoms. The normalized spacial score (nSPS) is 12.1. The highest BCUT2D eigenvalue weighted by molar-refractivity contribution is 6.14. The standard InChI is InChI=1S/C34H38FN7O/c1-7-37-34(32-22(2)8-9-29(40-32)25-14-23(19-36-20-25)21-42(5)6)31-18-28-30(39-31)10-11-38-33(28)24-15-26(35)17-27(16-24)43-13-12-41(3)4/h8-11,14-20,39H,7,12-13,21H2,1-6H3. The molecule has 0 radical (unpaired) electrons. The van der Waals surface area contributed by atoms with E-state index in [1.54, 1.807) is 6.20 Å². The number of aryl methyl sites for hydroxylation is 1. The first-order valence-corrected chi connectivity index (χ1v) is 14.4. The zero-order valence-electron chi connectivity index (χ0n) is 25.6. The van der Waals surface area contributed by atoms with Gasteiger partial charge in [0.25, 0.3) is 0 Å². The molecule has 0 unspecified atom stereocenters. The van der Waals surface area contributed by atoms with Gasteiger partial charge in [0, 0.05) is 66.3 Å². The van der Waals surface area contributed by atoms with Crippen LogP contribution in [0.4, 0.5) is 4.39 Å². The number of aromatic nitrogens is 4. The predicted molar refractivity (Wildman–Crippen MR) is 171 cm³/mol. The molecule has 0 saturated heterocycles. The number of ether oxygens (including phenoxy) is 1. The van der Waals surface area contributed by atoms with E-state index >= 15 is 0 Å². The van der Waals surface area contributed by atoms with Gasteiger partial charge in [-0.05, 0) is 89.6 Å². The van der Waals surface area contributed by atoms with Gasteiger partial charge in [-0.15, -0.1) is 0 Å². The van der Waals surface area contributed by atoms with Crippen molar-refractivity contribution in [1.29, 1.82) is 0 Å². The van der Waals surface area contributed by atoms with E-state index in [9.17, 15) is 4.39 Å². The zero-order chi connectivity index (χ0) is 30.5. The van der Waals surface area contributed by atoms with Crippen molar-refractivity contribution >= 4 is 16.6 Å². The molecule has 0 spiro atoms. The van der Waals surface area contributed by atoms with E-state index < -0.39 is 0 Å². The number of aliphatic imine (C=N–C) groups is 1. The average molecular weight is 580 g/mol. The molecule has 0 aliphatic carbocycles. The number of rotatable bonds is 11. The fraction of sp³-hybridized carbons (Fsp3) is 0.294. The Hall–Kier alpha value is -4.47. The Morgan fingerprint density at radius 2 is 1.81 bits per heavy atom. The third kappa shape index (κ3) is 7.13. The van der Waals surface area contributed by atoms with E-state index in [1.807, 2.05) is 83.6 Å². The predicted octanol–water partition coefficient (Wildman–Crippen LogP) is 5.99. The highest BCUT2D eigenvalue weighted by Crippen LogP contribution is 2.31. The number of nitrogens with one attached hydrogen (secondary N) is 1. The van der Waals surface area contributed by atoms with Crippen molar-refractivity contribution in [2.24, 2.45) is 4.99 Å². The molecule has 0 bridgehead atoms. The van der Waals surface area contributed by atoms with E-state index in [-0.39, 0.29) is 5.82 Å². The molecule has 4 aromatic heterocycles. The molecule has 0 aliphatic rings. The van der Waals surface area contributed by atoms with Crippen LogP contribution < -0.4 is 4.74 Å². The van der Waals surface area contributed by atoms with E-state index in [2.05, 4.69) is 32.0 Å². The van der Waals surface area contributed by atoms with Crippen LogP contribution in [0.1, 0.15) is 29.4 Å². The number of pyridine rings is 3. The van der Waals surface area contributed by atoms with Gasteiger partial charge >= 0.3 is 0 Å². The van der Waals surface area contributed by atoms with E-state index in [4.69, 9.17) is 14.7 Å². The summed E-state index contributed by atoms with van der Waals surface area (Å²) in [4.78, 5) is 26.7. The molecule has 0 amide bonds. The lowest BCUT2D eigenvalue weighted by molar-refractivity contribution is 0.260. The summed E-state index contributed by atoms with van der Waals surface area (Å²) in [6.07, 6.45) is 5.45. The van der Waals surface area contributed by atoms with E-state index in [0.29, 0.717) is 30.2 Å². The van der Waals surface area contributed by atoms with Gasteiger partial charge in [0.1, 0.15) is 23.9 Å². The molecule has 4 heterocycles. The van der Waals surface area contributed by atoms with Crippen molar-refractivity contribution in [2.45, 2.75) is 20.4 Å². The van der Waals surface area contributed by atoms with E-state index in [1.165, 1.54) is 12.1 Å². The molecule has 0 aliphatic heterocycles. The van der Waals surface area contributed by atoms with Crippen LogP contribution >= 0.6 is 0 Å². The van der Waals surface area contributed by atoms with Gasteiger partial charge in [-0.25, -0.2) is 9.37 Å². The van der Waals surface area contributed by atoms with Gasteiger partial charge in [0.05, 0.1) is 22.8 Å². The first-order chi connectivity index (χ1) is 20.7. The van der Waals surface area contributed by atoms with Crippen LogP contribution in [0, 0.1) is 12.7 Å². The van der Waals surface area contributed by atoms with Gasteiger partial charge in [-0.3, -0.25) is 15.0 Å². The molecule has 0 atom stereocenters. The minimum atomic E-state index is -0.374. The van der Waals surface area contributed by atoms with Crippen LogP contribution in [0.25, 0.3) is 33.4 Å². The average Bonchev–Trinajstić information content (AvgIpc) is 3.40. The molecule has 5 rings (SSSR count). The molecule has 9 heteroatoms. The molecule has 0 fully saturated rings. The van der Waals surface area contributed by atoms with Crippen molar-refractivity contribution in [3.63, 3.8) is 0 Å². The van der Waals surface area contributed by atoms with Crippen LogP contribution in [0.15, 0.2) is 72.1 Å². The minimum Gasteiger partial charge on any atom is -0.492 e. The second kappa shape index (κ2) is 13.2. The van der Waals surface area contributed by atoms with Crippen molar-refractivity contribution < 1.29 is 9.13 Å².